The molecule has 4 unspecified atom stereocenters. The molecule has 23 heavy (non-hydrogen) atoms. The highest BCUT2D eigenvalue weighted by Gasteiger charge is 2.38. The zero-order chi connectivity index (χ0) is 16.1. The van der Waals surface area contributed by atoms with Crippen molar-refractivity contribution in [3.05, 3.63) is 35.4 Å². The normalized spacial score (nSPS) is 29.6. The molecule has 1 aromatic rings. The zero-order valence-electron chi connectivity index (χ0n) is 15.2. The van der Waals surface area contributed by atoms with Crippen molar-refractivity contribution >= 4 is 0 Å². The summed E-state index contributed by atoms with van der Waals surface area (Å²) >= 11 is 0. The number of unbranched alkanes of at least 4 members (excludes halogenated alkanes) is 1. The van der Waals surface area contributed by atoms with Crippen molar-refractivity contribution in [2.75, 3.05) is 13.1 Å². The number of benzene rings is 1. The maximum atomic E-state index is 3.70. The highest BCUT2D eigenvalue weighted by molar-refractivity contribution is 5.25. The predicted octanol–water partition coefficient (Wildman–Crippen LogP) is 5.68. The van der Waals surface area contributed by atoms with Gasteiger partial charge < -0.3 is 5.32 Å². The first-order valence-corrected chi connectivity index (χ1v) is 10.1. The minimum absolute atomic E-state index is 0.793. The summed E-state index contributed by atoms with van der Waals surface area (Å²) in [4.78, 5) is 0. The Morgan fingerprint density at radius 3 is 2.70 bits per heavy atom. The van der Waals surface area contributed by atoms with Gasteiger partial charge in [-0.15, -0.1) is 0 Å². The molecule has 0 bridgehead atoms. The lowest BCUT2D eigenvalue weighted by atomic mass is 9.63. The number of rotatable bonds is 5. The van der Waals surface area contributed by atoms with Gasteiger partial charge in [0, 0.05) is 0 Å². The molecular weight excluding hydrogens is 278 g/mol. The average Bonchev–Trinajstić information content (AvgIpc) is 2.82. The van der Waals surface area contributed by atoms with E-state index in [1.54, 1.807) is 5.56 Å². The van der Waals surface area contributed by atoms with Crippen molar-refractivity contribution in [2.45, 2.75) is 71.1 Å². The molecule has 1 heteroatoms. The van der Waals surface area contributed by atoms with Crippen molar-refractivity contribution in [1.82, 2.24) is 5.32 Å². The molecule has 0 aromatic heterocycles. The van der Waals surface area contributed by atoms with Gasteiger partial charge in [0.1, 0.15) is 0 Å². The van der Waals surface area contributed by atoms with Gasteiger partial charge in [-0.1, -0.05) is 56.0 Å². The number of nitrogens with one attached hydrogen (secondary N) is 1. The molecule has 1 heterocycles. The van der Waals surface area contributed by atoms with Crippen molar-refractivity contribution in [2.24, 2.45) is 17.8 Å². The van der Waals surface area contributed by atoms with Crippen LogP contribution in [0.25, 0.3) is 0 Å². The van der Waals surface area contributed by atoms with Gasteiger partial charge in [-0.2, -0.15) is 0 Å². The van der Waals surface area contributed by atoms with Crippen LogP contribution in [0.3, 0.4) is 0 Å². The second kappa shape index (κ2) is 8.33. The molecule has 1 aromatic carbocycles. The summed E-state index contributed by atoms with van der Waals surface area (Å²) in [5, 5.41) is 3.70. The van der Waals surface area contributed by atoms with Crippen molar-refractivity contribution < 1.29 is 0 Å². The van der Waals surface area contributed by atoms with E-state index in [0.717, 1.165) is 23.7 Å². The van der Waals surface area contributed by atoms with E-state index < -0.39 is 0 Å². The van der Waals surface area contributed by atoms with Gasteiger partial charge in [-0.3, -0.25) is 0 Å². The van der Waals surface area contributed by atoms with Crippen LogP contribution >= 0.6 is 0 Å². The lowest BCUT2D eigenvalue weighted by Gasteiger charge is -2.42. The number of aryl methyl sites for hydroxylation is 1. The van der Waals surface area contributed by atoms with Crippen LogP contribution in [-0.4, -0.2) is 13.1 Å². The minimum atomic E-state index is 0.793. The quantitative estimate of drug-likeness (QED) is 0.737. The van der Waals surface area contributed by atoms with Gasteiger partial charge >= 0.3 is 0 Å². The van der Waals surface area contributed by atoms with Crippen LogP contribution in [0.4, 0.5) is 0 Å². The summed E-state index contributed by atoms with van der Waals surface area (Å²) in [5.41, 5.74) is 3.01. The number of fused-ring (bicyclic) bond motifs is 1. The van der Waals surface area contributed by atoms with E-state index in [1.807, 2.05) is 0 Å². The molecule has 1 aliphatic carbocycles. The van der Waals surface area contributed by atoms with Crippen LogP contribution in [0.2, 0.25) is 0 Å². The van der Waals surface area contributed by atoms with Crippen molar-refractivity contribution in [3.8, 4) is 0 Å². The molecule has 1 saturated heterocycles. The van der Waals surface area contributed by atoms with Crippen LogP contribution in [-0.2, 0) is 0 Å². The Labute approximate surface area is 143 Å². The number of hydrogen-bond acceptors (Lipinski definition) is 1. The van der Waals surface area contributed by atoms with E-state index in [1.165, 1.54) is 70.0 Å². The van der Waals surface area contributed by atoms with E-state index >= 15 is 0 Å². The van der Waals surface area contributed by atoms with E-state index in [0.29, 0.717) is 0 Å². The summed E-state index contributed by atoms with van der Waals surface area (Å²) in [5.74, 6) is 3.61. The molecule has 3 rings (SSSR count). The smallest absolute Gasteiger partial charge is 0.00178 e. The highest BCUT2D eigenvalue weighted by Crippen LogP contribution is 2.47. The second-order valence-corrected chi connectivity index (χ2v) is 8.02. The predicted molar refractivity (Wildman–Crippen MR) is 99.9 cm³/mol. The van der Waals surface area contributed by atoms with Gasteiger partial charge in [-0.05, 0) is 81.4 Å². The van der Waals surface area contributed by atoms with Gasteiger partial charge in [0.15, 0.2) is 0 Å². The van der Waals surface area contributed by atoms with E-state index in [9.17, 15) is 0 Å². The monoisotopic (exact) mass is 313 g/mol. The van der Waals surface area contributed by atoms with Crippen LogP contribution in [0.1, 0.15) is 75.3 Å². The van der Waals surface area contributed by atoms with Gasteiger partial charge in [-0.25, -0.2) is 0 Å². The van der Waals surface area contributed by atoms with Gasteiger partial charge in [0.25, 0.3) is 0 Å². The molecule has 1 aliphatic heterocycles. The minimum Gasteiger partial charge on any atom is -0.316 e. The Morgan fingerprint density at radius 2 is 1.91 bits per heavy atom. The summed E-state index contributed by atoms with van der Waals surface area (Å²) in [7, 11) is 0. The third-order valence-electron chi connectivity index (χ3n) is 6.46. The van der Waals surface area contributed by atoms with Crippen LogP contribution < -0.4 is 5.32 Å². The largest absolute Gasteiger partial charge is 0.316 e. The molecule has 1 saturated carbocycles. The van der Waals surface area contributed by atoms with Crippen molar-refractivity contribution in [1.29, 1.82) is 0 Å². The lowest BCUT2D eigenvalue weighted by molar-refractivity contribution is 0.122. The molecule has 2 fully saturated rings. The summed E-state index contributed by atoms with van der Waals surface area (Å²) in [6, 6.07) is 9.49. The molecular formula is C22H35N. The fourth-order valence-electron chi connectivity index (χ4n) is 5.21. The third kappa shape index (κ3) is 4.18. The Morgan fingerprint density at radius 1 is 1.09 bits per heavy atom. The molecule has 0 amide bonds. The zero-order valence-corrected chi connectivity index (χ0v) is 15.2. The maximum absolute atomic E-state index is 3.70. The second-order valence-electron chi connectivity index (χ2n) is 8.02. The standard InChI is InChI=1S/C22H35N/c1-3-4-8-20(18-13-11-17(2)12-14-18)22-9-5-7-19-16-23-15-6-10-21(19)22/h11-14,19-23H,3-10,15-16H2,1-2H3. The molecule has 128 valence electrons. The first-order valence-electron chi connectivity index (χ1n) is 10.1. The average molecular weight is 314 g/mol. The highest BCUT2D eigenvalue weighted by atomic mass is 14.9. The van der Waals surface area contributed by atoms with E-state index in [-0.39, 0.29) is 0 Å². The van der Waals surface area contributed by atoms with Crippen LogP contribution in [0, 0.1) is 24.7 Å². The topological polar surface area (TPSA) is 12.0 Å². The SMILES string of the molecule is CCCCC(c1ccc(C)cc1)C1CCCC2CNCCCC21. The Kier molecular flexibility index (Phi) is 6.16. The Balaban J connectivity index is 1.83. The fourth-order valence-corrected chi connectivity index (χ4v) is 5.21. The van der Waals surface area contributed by atoms with Crippen molar-refractivity contribution in [3.63, 3.8) is 0 Å². The van der Waals surface area contributed by atoms with E-state index in [2.05, 4.69) is 43.4 Å². The third-order valence-corrected chi connectivity index (χ3v) is 6.46. The first kappa shape index (κ1) is 17.0. The van der Waals surface area contributed by atoms with Gasteiger partial charge in [0.05, 0.1) is 0 Å². The molecule has 1 nitrogen and oxygen atoms in total. The summed E-state index contributed by atoms with van der Waals surface area (Å²) < 4.78 is 0. The van der Waals surface area contributed by atoms with E-state index in [4.69, 9.17) is 0 Å². The number of hydrogen-bond donors (Lipinski definition) is 1. The lowest BCUT2D eigenvalue weighted by Crippen LogP contribution is -2.35. The Bertz CT molecular complexity index is 463. The summed E-state index contributed by atoms with van der Waals surface area (Å²) in [6.45, 7) is 7.06. The fraction of sp³-hybridized carbons (Fsp3) is 0.727. The molecule has 1 N–H and O–H groups in total. The molecule has 0 radical (unpaired) electrons. The molecule has 4 atom stereocenters. The first-order chi connectivity index (χ1) is 11.3. The van der Waals surface area contributed by atoms with Crippen LogP contribution in [0.5, 0.6) is 0 Å². The maximum Gasteiger partial charge on any atom is -0.00178 e. The summed E-state index contributed by atoms with van der Waals surface area (Å²) in [6.07, 6.45) is 11.3. The molecule has 2 aliphatic rings. The Hall–Kier alpha value is -0.820. The van der Waals surface area contributed by atoms with Crippen LogP contribution in [0.15, 0.2) is 24.3 Å². The molecule has 0 spiro atoms. The van der Waals surface area contributed by atoms with Gasteiger partial charge in [0.2, 0.25) is 0 Å².